The highest BCUT2D eigenvalue weighted by Crippen LogP contribution is 2.44. The summed E-state index contributed by atoms with van der Waals surface area (Å²) in [6.45, 7) is 0. The molecule has 2 aliphatic rings. The van der Waals surface area contributed by atoms with Gasteiger partial charge in [-0.25, -0.2) is 0 Å². The Morgan fingerprint density at radius 3 is 2.80 bits per heavy atom. The maximum Gasteiger partial charge on any atom is 0.0483 e. The van der Waals surface area contributed by atoms with Gasteiger partial charge in [0.2, 0.25) is 0 Å². The van der Waals surface area contributed by atoms with Crippen LogP contribution in [0.1, 0.15) is 44.1 Å². The molecule has 0 spiro atoms. The topological polar surface area (TPSA) is 29.1 Å². The molecule has 0 saturated heterocycles. The lowest BCUT2D eigenvalue weighted by atomic mass is 9.82. The quantitative estimate of drug-likeness (QED) is 0.890. The van der Waals surface area contributed by atoms with Gasteiger partial charge >= 0.3 is 0 Å². The first kappa shape index (κ1) is 14.1. The van der Waals surface area contributed by atoms with Crippen molar-refractivity contribution in [1.82, 2.24) is 0 Å². The predicted octanol–water partition coefficient (Wildman–Crippen LogP) is 3.95. The van der Waals surface area contributed by atoms with Crippen molar-refractivity contribution in [1.29, 1.82) is 0 Å². The third-order valence-corrected chi connectivity index (χ3v) is 5.41. The Labute approximate surface area is 124 Å². The van der Waals surface area contributed by atoms with E-state index in [9.17, 15) is 4.21 Å². The average molecular weight is 291 g/mol. The Bertz CT molecular complexity index is 484. The van der Waals surface area contributed by atoms with E-state index in [1.807, 2.05) is 0 Å². The summed E-state index contributed by atoms with van der Waals surface area (Å²) < 4.78 is 11.3. The summed E-state index contributed by atoms with van der Waals surface area (Å²) in [5, 5.41) is 3.71. The number of hydrogen-bond acceptors (Lipinski definition) is 2. The molecule has 3 atom stereocenters. The average Bonchev–Trinajstić information content (AvgIpc) is 3.23. The van der Waals surface area contributed by atoms with Crippen LogP contribution < -0.4 is 5.32 Å². The molecular formula is C17H25NOS. The van der Waals surface area contributed by atoms with Crippen molar-refractivity contribution in [2.24, 2.45) is 11.8 Å². The largest absolute Gasteiger partial charge is 0.382 e. The van der Waals surface area contributed by atoms with E-state index in [2.05, 4.69) is 29.6 Å². The van der Waals surface area contributed by atoms with Gasteiger partial charge in [0, 0.05) is 34.5 Å². The Balaban J connectivity index is 1.60. The van der Waals surface area contributed by atoms with E-state index in [1.54, 1.807) is 6.26 Å². The van der Waals surface area contributed by atoms with Gasteiger partial charge in [0.15, 0.2) is 0 Å². The van der Waals surface area contributed by atoms with Crippen LogP contribution in [0.4, 0.5) is 5.69 Å². The molecule has 0 aliphatic heterocycles. The summed E-state index contributed by atoms with van der Waals surface area (Å²) in [6, 6.07) is 9.09. The Hall–Kier alpha value is -0.830. The Kier molecular flexibility index (Phi) is 4.45. The van der Waals surface area contributed by atoms with Gasteiger partial charge in [0.05, 0.1) is 0 Å². The van der Waals surface area contributed by atoms with E-state index in [0.29, 0.717) is 11.8 Å². The van der Waals surface area contributed by atoms with E-state index in [-0.39, 0.29) is 0 Å². The molecule has 20 heavy (non-hydrogen) atoms. The van der Waals surface area contributed by atoms with Crippen molar-refractivity contribution in [3.8, 4) is 0 Å². The van der Waals surface area contributed by atoms with Gasteiger partial charge in [0.25, 0.3) is 0 Å². The molecule has 2 nitrogen and oxygen atoms in total. The van der Waals surface area contributed by atoms with Gasteiger partial charge in [-0.15, -0.1) is 0 Å². The minimum Gasteiger partial charge on any atom is -0.382 e. The molecule has 0 amide bonds. The highest BCUT2D eigenvalue weighted by molar-refractivity contribution is 7.83. The molecule has 0 bridgehead atoms. The molecule has 0 radical (unpaired) electrons. The van der Waals surface area contributed by atoms with Crippen LogP contribution in [0.3, 0.4) is 0 Å². The van der Waals surface area contributed by atoms with Crippen LogP contribution in [0.2, 0.25) is 0 Å². The van der Waals surface area contributed by atoms with Gasteiger partial charge in [-0.2, -0.15) is 0 Å². The molecule has 0 aromatic heterocycles. The smallest absolute Gasteiger partial charge is 0.0483 e. The van der Waals surface area contributed by atoms with Crippen LogP contribution in [0.25, 0.3) is 0 Å². The van der Waals surface area contributed by atoms with E-state index in [4.69, 9.17) is 0 Å². The molecule has 2 saturated carbocycles. The molecule has 1 aromatic carbocycles. The normalized spacial score (nSPS) is 28.1. The van der Waals surface area contributed by atoms with Crippen molar-refractivity contribution in [2.45, 2.75) is 50.3 Å². The molecule has 0 unspecified atom stereocenters. The fraction of sp³-hybridized carbons (Fsp3) is 0.647. The minimum atomic E-state index is -0.763. The fourth-order valence-electron chi connectivity index (χ4n) is 3.58. The summed E-state index contributed by atoms with van der Waals surface area (Å²) in [5.41, 5.74) is 2.37. The molecule has 0 heterocycles. The summed E-state index contributed by atoms with van der Waals surface area (Å²) in [6.07, 6.45) is 10.2. The van der Waals surface area contributed by atoms with Gasteiger partial charge in [-0.05, 0) is 55.2 Å². The molecule has 3 rings (SSSR count). The van der Waals surface area contributed by atoms with Crippen molar-refractivity contribution in [2.75, 3.05) is 11.6 Å². The van der Waals surface area contributed by atoms with Crippen LogP contribution in [0.15, 0.2) is 24.3 Å². The van der Waals surface area contributed by atoms with Crippen LogP contribution in [-0.2, 0) is 16.6 Å². The maximum absolute atomic E-state index is 11.3. The number of hydrogen-bond donors (Lipinski definition) is 1. The molecule has 2 fully saturated rings. The molecule has 2 aliphatic carbocycles. The van der Waals surface area contributed by atoms with E-state index in [0.717, 1.165) is 11.8 Å². The number of nitrogens with one attached hydrogen (secondary N) is 1. The Morgan fingerprint density at radius 2 is 2.05 bits per heavy atom. The summed E-state index contributed by atoms with van der Waals surface area (Å²) in [5.74, 6) is 2.66. The number of anilines is 1. The minimum absolute atomic E-state index is 0.636. The second-order valence-corrected chi connectivity index (χ2v) is 7.96. The zero-order valence-electron chi connectivity index (χ0n) is 12.3. The second-order valence-electron chi connectivity index (χ2n) is 6.52. The summed E-state index contributed by atoms with van der Waals surface area (Å²) in [4.78, 5) is 0. The third-order valence-electron chi connectivity index (χ3n) is 4.67. The molecular weight excluding hydrogens is 266 g/mol. The lowest BCUT2D eigenvalue weighted by Crippen LogP contribution is -2.28. The fourth-order valence-corrected chi connectivity index (χ4v) is 4.22. The van der Waals surface area contributed by atoms with Crippen molar-refractivity contribution < 1.29 is 4.21 Å². The predicted molar refractivity (Wildman–Crippen MR) is 86.3 cm³/mol. The van der Waals surface area contributed by atoms with Crippen LogP contribution >= 0.6 is 0 Å². The van der Waals surface area contributed by atoms with Crippen molar-refractivity contribution >= 4 is 16.5 Å². The monoisotopic (exact) mass is 291 g/mol. The maximum atomic E-state index is 11.3. The number of benzene rings is 1. The zero-order chi connectivity index (χ0) is 13.9. The second kappa shape index (κ2) is 6.30. The summed E-state index contributed by atoms with van der Waals surface area (Å²) >= 11 is 0. The van der Waals surface area contributed by atoms with Crippen LogP contribution in [-0.4, -0.2) is 16.5 Å². The lowest BCUT2D eigenvalue weighted by Gasteiger charge is -2.30. The number of rotatable bonds is 5. The molecule has 110 valence electrons. The first-order valence-electron chi connectivity index (χ1n) is 7.86. The standard InChI is InChI=1S/C17H25NOS/c1-20(19)12-13-4-2-6-16(10-13)18-17-7-3-5-15(11-17)14-8-9-14/h2,4,6,10,14-15,17-18H,3,5,7-9,11-12H2,1H3/t15-,17+,20+/m1/s1. The van der Waals surface area contributed by atoms with E-state index < -0.39 is 10.8 Å². The van der Waals surface area contributed by atoms with Crippen molar-refractivity contribution in [3.63, 3.8) is 0 Å². The zero-order valence-corrected chi connectivity index (χ0v) is 13.1. The first-order chi connectivity index (χ1) is 9.70. The van der Waals surface area contributed by atoms with E-state index in [1.165, 1.54) is 49.8 Å². The van der Waals surface area contributed by atoms with Gasteiger partial charge in [-0.1, -0.05) is 25.0 Å². The highest BCUT2D eigenvalue weighted by atomic mass is 32.2. The first-order valence-corrected chi connectivity index (χ1v) is 9.59. The van der Waals surface area contributed by atoms with Gasteiger partial charge in [-0.3, -0.25) is 4.21 Å². The van der Waals surface area contributed by atoms with Crippen molar-refractivity contribution in [3.05, 3.63) is 29.8 Å². The third kappa shape index (κ3) is 3.85. The van der Waals surface area contributed by atoms with Gasteiger partial charge < -0.3 is 5.32 Å². The Morgan fingerprint density at radius 1 is 1.20 bits per heavy atom. The summed E-state index contributed by atoms with van der Waals surface area (Å²) in [7, 11) is -0.763. The lowest BCUT2D eigenvalue weighted by molar-refractivity contribution is 0.303. The SMILES string of the molecule is C[S@](=O)Cc1cccc(N[C@H]2CCC[C@@H](C3CC3)C2)c1. The molecule has 3 heteroatoms. The van der Waals surface area contributed by atoms with E-state index >= 15 is 0 Å². The highest BCUT2D eigenvalue weighted by Gasteiger charge is 2.34. The van der Waals surface area contributed by atoms with Gasteiger partial charge in [0.1, 0.15) is 0 Å². The van der Waals surface area contributed by atoms with Crippen LogP contribution in [0.5, 0.6) is 0 Å². The molecule has 1 N–H and O–H groups in total. The molecule has 1 aromatic rings. The van der Waals surface area contributed by atoms with Crippen LogP contribution in [0, 0.1) is 11.8 Å².